The lowest BCUT2D eigenvalue weighted by atomic mass is 10.1. The Labute approximate surface area is 395 Å². The second kappa shape index (κ2) is 52.2. The molecule has 0 aromatic carbocycles. The number of ether oxygens (including phenoxy) is 2. The number of rotatable bonds is 51. The average molecular weight is 920 g/mol. The van der Waals surface area contributed by atoms with Gasteiger partial charge in [-0.1, -0.05) is 216 Å². The summed E-state index contributed by atoms with van der Waals surface area (Å²) >= 11 is 0. The largest absolute Gasteiger partial charge is 0.472 e. The first kappa shape index (κ1) is 62.2. The highest BCUT2D eigenvalue weighted by Gasteiger charge is 2.25. The van der Waals surface area contributed by atoms with Crippen molar-refractivity contribution in [3.05, 3.63) is 60.8 Å². The Kier molecular flexibility index (Phi) is 50.7. The van der Waals surface area contributed by atoms with Crippen molar-refractivity contribution in [3.8, 4) is 0 Å². The first-order valence-electron chi connectivity index (χ1n) is 26.8. The van der Waals surface area contributed by atoms with Crippen LogP contribution in [-0.4, -0.2) is 49.9 Å². The molecule has 0 bridgehead atoms. The van der Waals surface area contributed by atoms with E-state index in [2.05, 4.69) is 74.6 Å². The molecule has 0 amide bonds. The first-order chi connectivity index (χ1) is 31.4. The zero-order valence-electron chi connectivity index (χ0n) is 41.8. The molecule has 0 spiro atoms. The molecule has 0 radical (unpaired) electrons. The zero-order chi connectivity index (χ0) is 46.5. The molecule has 9 heteroatoms. The van der Waals surface area contributed by atoms with Crippen LogP contribution in [0.15, 0.2) is 60.8 Å². The molecule has 0 rings (SSSR count). The smallest absolute Gasteiger partial charge is 0.457 e. The molecule has 64 heavy (non-hydrogen) atoms. The molecule has 0 aliphatic carbocycles. The summed E-state index contributed by atoms with van der Waals surface area (Å²) in [6.07, 6.45) is 65.4. The summed E-state index contributed by atoms with van der Waals surface area (Å²) in [6.45, 7) is 4.90. The lowest BCUT2D eigenvalue weighted by Crippen LogP contribution is -2.28. The van der Waals surface area contributed by atoms with E-state index in [9.17, 15) is 14.3 Å². The molecular formula is C55H102NO7P. The predicted octanol–water partition coefficient (Wildman–Crippen LogP) is 16.9. The highest BCUT2D eigenvalue weighted by atomic mass is 31.2. The summed E-state index contributed by atoms with van der Waals surface area (Å²) in [6, 6.07) is 0. The lowest BCUT2D eigenvalue weighted by Gasteiger charge is -2.20. The van der Waals surface area contributed by atoms with E-state index in [4.69, 9.17) is 24.3 Å². The SMILES string of the molecule is CCCCC/C=C\C/C=C\CCCCCCCCCCCC(=O)OC(COCCCCCCCCCCCCC/C=C\C/C=C\C/C=C\CCCCCCC)COP(=O)(O)OCCN. The van der Waals surface area contributed by atoms with Crippen LogP contribution in [0.4, 0.5) is 0 Å². The van der Waals surface area contributed by atoms with Crippen molar-refractivity contribution < 1.29 is 32.8 Å². The minimum atomic E-state index is -4.29. The van der Waals surface area contributed by atoms with Crippen molar-refractivity contribution >= 4 is 13.8 Å². The van der Waals surface area contributed by atoms with Gasteiger partial charge in [-0.25, -0.2) is 4.57 Å². The summed E-state index contributed by atoms with van der Waals surface area (Å²) < 4.78 is 33.6. The Morgan fingerprint density at radius 3 is 1.27 bits per heavy atom. The van der Waals surface area contributed by atoms with Gasteiger partial charge in [-0.05, 0) is 83.5 Å². The van der Waals surface area contributed by atoms with Crippen LogP contribution in [0.2, 0.25) is 0 Å². The Hall–Kier alpha value is -1.80. The Balaban J connectivity index is 3.93. The standard InChI is InChI=1S/C55H102NO7P/c1-3-5-7-9-11-13-15-17-19-21-23-24-25-26-27-28-29-31-33-35-37-39-41-43-45-47-50-60-52-54(53-62-64(58,59)61-51-49-56)63-55(57)48-46-44-42-40-38-36-34-32-30-22-20-18-16-14-12-10-8-6-4-2/h12,14-15,17-18,20-21,23,25-26,54H,3-11,13,16,19,22,24,27-53,56H2,1-2H3,(H,58,59)/b14-12-,17-15-,20-18-,23-21-,26-25-. The number of carbonyl (C=O) groups is 1. The topological polar surface area (TPSA) is 117 Å². The van der Waals surface area contributed by atoms with Crippen LogP contribution >= 0.6 is 7.82 Å². The number of unbranched alkanes of at least 4 members (excludes halogenated alkanes) is 28. The third-order valence-corrected chi connectivity index (χ3v) is 12.4. The van der Waals surface area contributed by atoms with E-state index in [0.29, 0.717) is 13.0 Å². The van der Waals surface area contributed by atoms with Gasteiger partial charge in [0, 0.05) is 19.6 Å². The third kappa shape index (κ3) is 51.2. The van der Waals surface area contributed by atoms with Gasteiger partial charge in [0.2, 0.25) is 0 Å². The maximum atomic E-state index is 12.7. The second-order valence-electron chi connectivity index (χ2n) is 17.7. The van der Waals surface area contributed by atoms with Crippen LogP contribution in [-0.2, 0) is 27.9 Å². The van der Waals surface area contributed by atoms with Crippen molar-refractivity contribution in [2.75, 3.05) is 33.0 Å². The van der Waals surface area contributed by atoms with Gasteiger partial charge in [0.05, 0.1) is 19.8 Å². The van der Waals surface area contributed by atoms with Gasteiger partial charge in [-0.3, -0.25) is 13.8 Å². The Morgan fingerprint density at radius 2 is 0.828 bits per heavy atom. The molecule has 0 aromatic heterocycles. The molecule has 2 atom stereocenters. The highest BCUT2D eigenvalue weighted by molar-refractivity contribution is 7.47. The molecule has 0 saturated carbocycles. The van der Waals surface area contributed by atoms with Crippen LogP contribution in [0.3, 0.4) is 0 Å². The Morgan fingerprint density at radius 1 is 0.469 bits per heavy atom. The Bertz CT molecular complexity index is 1170. The van der Waals surface area contributed by atoms with E-state index in [1.165, 1.54) is 173 Å². The number of hydrogen-bond acceptors (Lipinski definition) is 7. The van der Waals surface area contributed by atoms with Gasteiger partial charge in [-0.15, -0.1) is 0 Å². The van der Waals surface area contributed by atoms with E-state index >= 15 is 0 Å². The molecule has 0 saturated heterocycles. The number of carbonyl (C=O) groups excluding carboxylic acids is 1. The molecule has 0 aliphatic heterocycles. The van der Waals surface area contributed by atoms with Crippen molar-refractivity contribution in [1.29, 1.82) is 0 Å². The number of esters is 1. The van der Waals surface area contributed by atoms with Gasteiger partial charge < -0.3 is 20.1 Å². The fraction of sp³-hybridized carbons (Fsp3) is 0.800. The van der Waals surface area contributed by atoms with Crippen molar-refractivity contribution in [1.82, 2.24) is 0 Å². The second-order valence-corrected chi connectivity index (χ2v) is 19.2. The van der Waals surface area contributed by atoms with E-state index in [1.54, 1.807) is 0 Å². The first-order valence-corrected chi connectivity index (χ1v) is 28.3. The quantitative estimate of drug-likeness (QED) is 0.0268. The normalized spacial score (nSPS) is 13.8. The molecule has 0 aliphatic rings. The maximum absolute atomic E-state index is 12.7. The summed E-state index contributed by atoms with van der Waals surface area (Å²) in [4.78, 5) is 22.6. The number of phosphoric ester groups is 1. The summed E-state index contributed by atoms with van der Waals surface area (Å²) in [5.74, 6) is -0.335. The van der Waals surface area contributed by atoms with Gasteiger partial charge in [0.25, 0.3) is 0 Å². The minimum Gasteiger partial charge on any atom is -0.457 e. The molecule has 8 nitrogen and oxygen atoms in total. The number of allylic oxidation sites excluding steroid dienone is 10. The number of phosphoric acid groups is 1. The van der Waals surface area contributed by atoms with Gasteiger partial charge in [0.1, 0.15) is 6.10 Å². The van der Waals surface area contributed by atoms with Crippen molar-refractivity contribution in [2.45, 2.75) is 251 Å². The van der Waals surface area contributed by atoms with Gasteiger partial charge in [-0.2, -0.15) is 0 Å². The van der Waals surface area contributed by atoms with Crippen LogP contribution < -0.4 is 5.73 Å². The molecular weight excluding hydrogens is 818 g/mol. The fourth-order valence-electron chi connectivity index (χ4n) is 7.45. The van der Waals surface area contributed by atoms with Crippen molar-refractivity contribution in [3.63, 3.8) is 0 Å². The van der Waals surface area contributed by atoms with E-state index in [1.807, 2.05) is 0 Å². The summed E-state index contributed by atoms with van der Waals surface area (Å²) in [5, 5.41) is 0. The van der Waals surface area contributed by atoms with E-state index < -0.39 is 13.9 Å². The third-order valence-electron chi connectivity index (χ3n) is 11.4. The molecule has 374 valence electrons. The summed E-state index contributed by atoms with van der Waals surface area (Å²) in [5.41, 5.74) is 5.39. The molecule has 3 N–H and O–H groups in total. The average Bonchev–Trinajstić information content (AvgIpc) is 3.29. The lowest BCUT2D eigenvalue weighted by molar-refractivity contribution is -0.154. The van der Waals surface area contributed by atoms with Crippen LogP contribution in [0.5, 0.6) is 0 Å². The van der Waals surface area contributed by atoms with Crippen LogP contribution in [0.1, 0.15) is 245 Å². The molecule has 0 heterocycles. The molecule has 2 unspecified atom stereocenters. The predicted molar refractivity (Wildman–Crippen MR) is 275 cm³/mol. The van der Waals surface area contributed by atoms with Crippen LogP contribution in [0.25, 0.3) is 0 Å². The number of hydrogen-bond donors (Lipinski definition) is 2. The van der Waals surface area contributed by atoms with Gasteiger partial charge in [0.15, 0.2) is 0 Å². The van der Waals surface area contributed by atoms with Crippen molar-refractivity contribution in [2.24, 2.45) is 5.73 Å². The van der Waals surface area contributed by atoms with E-state index in [-0.39, 0.29) is 32.3 Å². The molecule has 0 fully saturated rings. The van der Waals surface area contributed by atoms with Crippen LogP contribution in [0, 0.1) is 0 Å². The minimum absolute atomic E-state index is 0.0974. The maximum Gasteiger partial charge on any atom is 0.472 e. The van der Waals surface area contributed by atoms with E-state index in [0.717, 1.165) is 51.4 Å². The zero-order valence-corrected chi connectivity index (χ0v) is 42.7. The monoisotopic (exact) mass is 920 g/mol. The summed E-state index contributed by atoms with van der Waals surface area (Å²) in [7, 11) is -4.29. The molecule has 0 aromatic rings. The number of nitrogens with two attached hydrogens (primary N) is 1. The fourth-order valence-corrected chi connectivity index (χ4v) is 8.21. The highest BCUT2D eigenvalue weighted by Crippen LogP contribution is 2.43. The van der Waals surface area contributed by atoms with Gasteiger partial charge >= 0.3 is 13.8 Å².